The van der Waals surface area contributed by atoms with Gasteiger partial charge in [0.15, 0.2) is 28.8 Å². The third kappa shape index (κ3) is 5.13. The molecule has 9 heteroatoms. The van der Waals surface area contributed by atoms with Crippen LogP contribution < -0.4 is 29.0 Å². The second kappa shape index (κ2) is 11.7. The van der Waals surface area contributed by atoms with Crippen molar-refractivity contribution in [1.29, 1.82) is 0 Å². The topological polar surface area (TPSA) is 102 Å². The van der Waals surface area contributed by atoms with Crippen molar-refractivity contribution in [3.8, 4) is 28.7 Å². The molecule has 0 unspecified atom stereocenters. The van der Waals surface area contributed by atoms with Crippen LogP contribution in [0, 0.1) is 0 Å². The fraction of sp³-hybridized carbons (Fsp3) is 0.400. The maximum absolute atomic E-state index is 13.9. The van der Waals surface area contributed by atoms with Crippen LogP contribution in [0.2, 0.25) is 0 Å². The Hall–Kier alpha value is -4.14. The van der Waals surface area contributed by atoms with Crippen molar-refractivity contribution in [2.24, 2.45) is 0 Å². The summed E-state index contributed by atoms with van der Waals surface area (Å²) in [4.78, 5) is 26.9. The molecule has 0 saturated carbocycles. The highest BCUT2D eigenvalue weighted by Crippen LogP contribution is 2.49. The molecule has 4 rings (SSSR count). The summed E-state index contributed by atoms with van der Waals surface area (Å²) in [5.41, 5.74) is 3.92. The lowest BCUT2D eigenvalue weighted by atomic mass is 9.71. The molecule has 0 amide bonds. The number of rotatable bonds is 9. The number of carbonyl (C=O) groups excluding carboxylic acids is 2. The van der Waals surface area contributed by atoms with E-state index in [0.717, 1.165) is 11.3 Å². The first-order chi connectivity index (χ1) is 18.8. The number of ether oxygens (including phenoxy) is 6. The number of methoxy groups -OCH3 is 5. The molecule has 0 spiro atoms. The summed E-state index contributed by atoms with van der Waals surface area (Å²) in [6.07, 6.45) is 0.844. The first kappa shape index (κ1) is 27.9. The Kier molecular flexibility index (Phi) is 8.38. The average molecular weight is 538 g/mol. The van der Waals surface area contributed by atoms with Gasteiger partial charge in [-0.1, -0.05) is 6.07 Å². The molecule has 2 aromatic rings. The van der Waals surface area contributed by atoms with Crippen molar-refractivity contribution in [1.82, 2.24) is 5.32 Å². The van der Waals surface area contributed by atoms with Crippen LogP contribution >= 0.6 is 0 Å². The molecule has 2 aromatic carbocycles. The van der Waals surface area contributed by atoms with Gasteiger partial charge < -0.3 is 33.7 Å². The first-order valence-electron chi connectivity index (χ1n) is 12.7. The van der Waals surface area contributed by atoms with Crippen LogP contribution in [0.15, 0.2) is 52.9 Å². The van der Waals surface area contributed by atoms with E-state index in [0.29, 0.717) is 64.2 Å². The lowest BCUT2D eigenvalue weighted by Gasteiger charge is -2.37. The van der Waals surface area contributed by atoms with Crippen LogP contribution in [0.4, 0.5) is 0 Å². The second-order valence-corrected chi connectivity index (χ2v) is 9.31. The zero-order valence-electron chi connectivity index (χ0n) is 23.4. The molecule has 2 atom stereocenters. The number of hydrogen-bond donors (Lipinski definition) is 1. The van der Waals surface area contributed by atoms with Crippen molar-refractivity contribution < 1.29 is 38.0 Å². The molecule has 0 aromatic heterocycles. The number of nitrogens with one attached hydrogen (secondary N) is 1. The minimum atomic E-state index is -0.675. The summed E-state index contributed by atoms with van der Waals surface area (Å²) in [5.74, 6) is 1.22. The van der Waals surface area contributed by atoms with Gasteiger partial charge in [-0.2, -0.15) is 0 Å². The third-order valence-electron chi connectivity index (χ3n) is 7.21. The van der Waals surface area contributed by atoms with Gasteiger partial charge in [-0.25, -0.2) is 4.79 Å². The van der Waals surface area contributed by atoms with Crippen molar-refractivity contribution in [2.75, 3.05) is 42.2 Å². The molecule has 1 aliphatic carbocycles. The molecular formula is C30H35NO8. The van der Waals surface area contributed by atoms with Gasteiger partial charge in [0.25, 0.3) is 0 Å². The highest BCUT2D eigenvalue weighted by molar-refractivity contribution is 6.04. The summed E-state index contributed by atoms with van der Waals surface area (Å²) >= 11 is 0. The van der Waals surface area contributed by atoms with Gasteiger partial charge in [0.1, 0.15) is 0 Å². The summed E-state index contributed by atoms with van der Waals surface area (Å²) in [5, 5.41) is 3.35. The van der Waals surface area contributed by atoms with Crippen LogP contribution in [-0.2, 0) is 14.3 Å². The minimum absolute atomic E-state index is 0.0609. The Morgan fingerprint density at radius 1 is 0.872 bits per heavy atom. The van der Waals surface area contributed by atoms with Crippen molar-refractivity contribution in [2.45, 2.75) is 38.5 Å². The van der Waals surface area contributed by atoms with Crippen LogP contribution in [-0.4, -0.2) is 53.9 Å². The van der Waals surface area contributed by atoms with Crippen LogP contribution in [0.5, 0.6) is 28.7 Å². The Morgan fingerprint density at radius 2 is 1.51 bits per heavy atom. The molecule has 9 nitrogen and oxygen atoms in total. The van der Waals surface area contributed by atoms with Gasteiger partial charge in [0, 0.05) is 29.3 Å². The SMILES string of the molecule is CCOc1ccc([C@H]2CC(=O)C3=C(C2)NC(C)=C(C(=O)OC)[C@@H]3c2cc(OC)c(OC)c(OC)c2)cc1OC. The number of benzene rings is 2. The zero-order chi connectivity index (χ0) is 28.3. The summed E-state index contributed by atoms with van der Waals surface area (Å²) in [7, 11) is 7.50. The van der Waals surface area contributed by atoms with Crippen molar-refractivity contribution in [3.63, 3.8) is 0 Å². The molecule has 2 aliphatic rings. The number of hydrogen-bond acceptors (Lipinski definition) is 9. The number of allylic oxidation sites excluding steroid dienone is 3. The van der Waals surface area contributed by atoms with E-state index in [1.807, 2.05) is 32.0 Å². The molecule has 39 heavy (non-hydrogen) atoms. The van der Waals surface area contributed by atoms with E-state index in [1.165, 1.54) is 28.4 Å². The monoisotopic (exact) mass is 537 g/mol. The molecule has 208 valence electrons. The Labute approximate surface area is 228 Å². The summed E-state index contributed by atoms with van der Waals surface area (Å²) in [6.45, 7) is 4.25. The lowest BCUT2D eigenvalue weighted by Crippen LogP contribution is -2.36. The normalized spacial score (nSPS) is 18.7. The molecule has 1 N–H and O–H groups in total. The first-order valence-corrected chi connectivity index (χ1v) is 12.7. The maximum Gasteiger partial charge on any atom is 0.336 e. The predicted molar refractivity (Wildman–Crippen MR) is 145 cm³/mol. The van der Waals surface area contributed by atoms with Crippen molar-refractivity contribution >= 4 is 11.8 Å². The molecule has 0 radical (unpaired) electrons. The standard InChI is InChI=1S/C30H35NO8/c1-8-39-22-10-9-17(13-23(22)34-3)18-11-20-28(21(32)12-18)27(26(16(2)31-20)30(33)38-7)19-14-24(35-4)29(37-6)25(15-19)36-5/h9-10,13-15,18,27,31H,8,11-12H2,1-7H3/t18-,27+/m1/s1. The zero-order valence-corrected chi connectivity index (χ0v) is 23.4. The van der Waals surface area contributed by atoms with Gasteiger partial charge in [-0.15, -0.1) is 0 Å². The van der Waals surface area contributed by atoms with Gasteiger partial charge >= 0.3 is 5.97 Å². The Morgan fingerprint density at radius 3 is 2.08 bits per heavy atom. The third-order valence-corrected chi connectivity index (χ3v) is 7.21. The van der Waals surface area contributed by atoms with Gasteiger partial charge in [-0.05, 0) is 61.6 Å². The highest BCUT2D eigenvalue weighted by atomic mass is 16.5. The summed E-state index contributed by atoms with van der Waals surface area (Å²) in [6, 6.07) is 9.32. The van der Waals surface area contributed by atoms with Gasteiger partial charge in [0.2, 0.25) is 5.75 Å². The molecule has 1 aliphatic heterocycles. The maximum atomic E-state index is 13.9. The highest BCUT2D eigenvalue weighted by Gasteiger charge is 2.42. The van der Waals surface area contributed by atoms with Crippen LogP contribution in [0.1, 0.15) is 49.7 Å². The van der Waals surface area contributed by atoms with E-state index >= 15 is 0 Å². The van der Waals surface area contributed by atoms with E-state index < -0.39 is 11.9 Å². The molecular weight excluding hydrogens is 502 g/mol. The lowest BCUT2D eigenvalue weighted by molar-refractivity contribution is -0.136. The van der Waals surface area contributed by atoms with Crippen LogP contribution in [0.3, 0.4) is 0 Å². The van der Waals surface area contributed by atoms with Gasteiger partial charge in [0.05, 0.1) is 47.7 Å². The van der Waals surface area contributed by atoms with E-state index in [1.54, 1.807) is 19.2 Å². The number of dihydropyridines is 1. The fourth-order valence-electron chi connectivity index (χ4n) is 5.47. The molecule has 0 saturated heterocycles. The molecule has 0 fully saturated rings. The summed E-state index contributed by atoms with van der Waals surface area (Å²) < 4.78 is 33.0. The van der Waals surface area contributed by atoms with Gasteiger partial charge in [-0.3, -0.25) is 4.79 Å². The number of carbonyl (C=O) groups is 2. The smallest absolute Gasteiger partial charge is 0.336 e. The predicted octanol–water partition coefficient (Wildman–Crippen LogP) is 4.65. The van der Waals surface area contributed by atoms with E-state index in [9.17, 15) is 9.59 Å². The number of esters is 1. The number of Topliss-reactive ketones (excluding diaryl/α,β-unsaturated/α-hetero) is 1. The molecule has 0 bridgehead atoms. The second-order valence-electron chi connectivity index (χ2n) is 9.31. The quantitative estimate of drug-likeness (QED) is 0.458. The van der Waals surface area contributed by atoms with E-state index in [-0.39, 0.29) is 18.1 Å². The minimum Gasteiger partial charge on any atom is -0.493 e. The van der Waals surface area contributed by atoms with Crippen molar-refractivity contribution in [3.05, 3.63) is 64.0 Å². The number of ketones is 1. The largest absolute Gasteiger partial charge is 0.493 e. The van der Waals surface area contributed by atoms with E-state index in [4.69, 9.17) is 28.4 Å². The Bertz CT molecular complexity index is 1320. The Balaban J connectivity index is 1.83. The average Bonchev–Trinajstić information content (AvgIpc) is 2.95. The molecule has 1 heterocycles. The van der Waals surface area contributed by atoms with Crippen LogP contribution in [0.25, 0.3) is 0 Å². The van der Waals surface area contributed by atoms with E-state index in [2.05, 4.69) is 5.32 Å². The fourth-order valence-corrected chi connectivity index (χ4v) is 5.47.